The van der Waals surface area contributed by atoms with Crippen LogP contribution in [-0.2, 0) is 12.3 Å². The Morgan fingerprint density at radius 1 is 0.697 bits per heavy atom. The van der Waals surface area contributed by atoms with E-state index in [1.807, 2.05) is 54.6 Å². The Kier molecular flexibility index (Phi) is 6.39. The zero-order chi connectivity index (χ0) is 23.6. The van der Waals surface area contributed by atoms with E-state index in [9.17, 15) is 13.2 Å². The summed E-state index contributed by atoms with van der Waals surface area (Å²) in [6.45, 7) is 0. The minimum absolute atomic E-state index is 0.180. The summed E-state index contributed by atoms with van der Waals surface area (Å²) in [5.74, 6) is -0.180. The second-order valence-corrected chi connectivity index (χ2v) is 16.8. The van der Waals surface area contributed by atoms with Gasteiger partial charge in [-0.1, -0.05) is 0 Å². The third-order valence-electron chi connectivity index (χ3n) is 5.93. The molecule has 4 rings (SSSR count). The molecule has 4 aromatic carbocycles. The molecular formula is C27H23BrF3OP. The van der Waals surface area contributed by atoms with Gasteiger partial charge in [0.05, 0.1) is 0 Å². The van der Waals surface area contributed by atoms with E-state index in [1.165, 1.54) is 19.2 Å². The van der Waals surface area contributed by atoms with Crippen molar-refractivity contribution in [2.45, 2.75) is 12.3 Å². The molecule has 0 aromatic heterocycles. The van der Waals surface area contributed by atoms with Gasteiger partial charge in [-0.2, -0.15) is 0 Å². The second-order valence-electron chi connectivity index (χ2n) is 7.88. The number of hydrogen-bond donors (Lipinski definition) is 0. The van der Waals surface area contributed by atoms with E-state index in [0.29, 0.717) is 11.7 Å². The number of alkyl halides is 3. The Hall–Kier alpha value is -2.62. The third kappa shape index (κ3) is 4.20. The molecule has 1 nitrogen and oxygen atoms in total. The normalized spacial score (nSPS) is 13.2. The van der Waals surface area contributed by atoms with Gasteiger partial charge < -0.3 is 0 Å². The first-order valence-corrected chi connectivity index (χ1v) is 14.8. The van der Waals surface area contributed by atoms with Crippen LogP contribution in [0.4, 0.5) is 13.2 Å². The van der Waals surface area contributed by atoms with Crippen molar-refractivity contribution in [2.24, 2.45) is 0 Å². The monoisotopic (exact) mass is 530 g/mol. The first kappa shape index (κ1) is 23.5. The van der Waals surface area contributed by atoms with Crippen LogP contribution in [0.15, 0.2) is 109 Å². The Bertz CT molecular complexity index is 1130. The van der Waals surface area contributed by atoms with Crippen LogP contribution in [0.3, 0.4) is 0 Å². The third-order valence-corrected chi connectivity index (χ3v) is 15.5. The molecule has 4 aromatic rings. The summed E-state index contributed by atoms with van der Waals surface area (Å²) in [5, 5.41) is -0.251. The molecule has 0 fully saturated rings. The molecule has 6 heteroatoms. The molecule has 0 heterocycles. The number of halogens is 4. The second kappa shape index (κ2) is 8.96. The number of hydrogen-bond acceptors (Lipinski definition) is 1. The number of rotatable bonds is 6. The molecule has 0 saturated heterocycles. The van der Waals surface area contributed by atoms with Crippen LogP contribution in [0.2, 0.25) is 0 Å². The average Bonchev–Trinajstić information content (AvgIpc) is 2.85. The molecule has 0 saturated carbocycles. The van der Waals surface area contributed by atoms with Crippen molar-refractivity contribution in [3.63, 3.8) is 0 Å². The SMILES string of the molecule is COc1ccc(CP(Br)(c2ccccc2)(c2ccccc2)c2ccccc2)cc1C(F)(F)F. The fourth-order valence-electron chi connectivity index (χ4n) is 4.36. The van der Waals surface area contributed by atoms with Crippen LogP contribution in [0.1, 0.15) is 11.1 Å². The van der Waals surface area contributed by atoms with Gasteiger partial charge in [-0.15, -0.1) is 0 Å². The van der Waals surface area contributed by atoms with E-state index in [4.69, 9.17) is 4.74 Å². The van der Waals surface area contributed by atoms with E-state index in [-0.39, 0.29) is 5.75 Å². The summed E-state index contributed by atoms with van der Waals surface area (Å²) in [7, 11) is 1.26. The Morgan fingerprint density at radius 3 is 1.48 bits per heavy atom. The van der Waals surface area contributed by atoms with E-state index in [0.717, 1.165) is 15.9 Å². The van der Waals surface area contributed by atoms with Crippen molar-refractivity contribution in [1.82, 2.24) is 0 Å². The van der Waals surface area contributed by atoms with Crippen molar-refractivity contribution < 1.29 is 17.9 Å². The average molecular weight is 531 g/mol. The molecule has 0 unspecified atom stereocenters. The molecular weight excluding hydrogens is 508 g/mol. The van der Waals surface area contributed by atoms with Crippen LogP contribution in [0, 0.1) is 0 Å². The molecule has 0 atom stereocenters. The zero-order valence-electron chi connectivity index (χ0n) is 18.0. The van der Waals surface area contributed by atoms with E-state index in [1.54, 1.807) is 6.07 Å². The Balaban J connectivity index is 2.05. The number of ether oxygens (including phenoxy) is 1. The van der Waals surface area contributed by atoms with Crippen LogP contribution in [-0.4, -0.2) is 7.11 Å². The predicted molar refractivity (Wildman–Crippen MR) is 136 cm³/mol. The molecule has 0 aliphatic carbocycles. The summed E-state index contributed by atoms with van der Waals surface area (Å²) < 4.78 is 46.5. The number of methoxy groups -OCH3 is 1. The van der Waals surface area contributed by atoms with Crippen LogP contribution in [0.25, 0.3) is 0 Å². The first-order chi connectivity index (χ1) is 15.8. The summed E-state index contributed by atoms with van der Waals surface area (Å²) in [6, 6.07) is 34.4. The maximum atomic E-state index is 13.8. The zero-order valence-corrected chi connectivity index (χ0v) is 20.4. The standard InChI is InChI=1S/C27H23BrF3OP/c1-32-26-18-17-21(19-25(26)27(29,30)31)20-33(28,22-11-5-2-6-12-22,23-13-7-3-8-14-23)24-15-9-4-10-16-24/h2-19H,20H2,1H3. The molecule has 170 valence electrons. The maximum absolute atomic E-state index is 13.8. The fraction of sp³-hybridized carbons (Fsp3) is 0.111. The van der Waals surface area contributed by atoms with E-state index >= 15 is 0 Å². The summed E-state index contributed by atoms with van der Waals surface area (Å²) >= 11 is 4.28. The van der Waals surface area contributed by atoms with Crippen molar-refractivity contribution >= 4 is 36.7 Å². The topological polar surface area (TPSA) is 9.23 Å². The van der Waals surface area contributed by atoms with Crippen LogP contribution in [0.5, 0.6) is 5.75 Å². The van der Waals surface area contributed by atoms with E-state index < -0.39 is 17.0 Å². The summed E-state index contributed by atoms with van der Waals surface area (Å²) in [4.78, 5) is 0. The van der Waals surface area contributed by atoms with Crippen LogP contribution >= 0.6 is 20.8 Å². The van der Waals surface area contributed by atoms with Gasteiger partial charge in [-0.25, -0.2) is 0 Å². The van der Waals surface area contributed by atoms with Gasteiger partial charge in [0.2, 0.25) is 0 Å². The van der Waals surface area contributed by atoms with Gasteiger partial charge in [0.15, 0.2) is 0 Å². The van der Waals surface area contributed by atoms with Gasteiger partial charge in [-0.05, 0) is 0 Å². The van der Waals surface area contributed by atoms with Crippen LogP contribution < -0.4 is 20.7 Å². The van der Waals surface area contributed by atoms with Gasteiger partial charge >= 0.3 is 200 Å². The van der Waals surface area contributed by atoms with Crippen molar-refractivity contribution in [3.8, 4) is 5.75 Å². The molecule has 0 N–H and O–H groups in total. The van der Waals surface area contributed by atoms with Crippen molar-refractivity contribution in [3.05, 3.63) is 120 Å². The quantitative estimate of drug-likeness (QED) is 0.242. The first-order valence-electron chi connectivity index (χ1n) is 10.4. The van der Waals surface area contributed by atoms with Crippen molar-refractivity contribution in [2.75, 3.05) is 7.11 Å². The minimum atomic E-state index is -4.52. The number of benzene rings is 4. The van der Waals surface area contributed by atoms with Gasteiger partial charge in [0.1, 0.15) is 0 Å². The van der Waals surface area contributed by atoms with Crippen molar-refractivity contribution in [1.29, 1.82) is 0 Å². The molecule has 0 radical (unpaired) electrons. The Labute approximate surface area is 199 Å². The summed E-state index contributed by atoms with van der Waals surface area (Å²) in [5.41, 5.74) is -0.191. The predicted octanol–water partition coefficient (Wildman–Crippen LogP) is 7.05. The van der Waals surface area contributed by atoms with Gasteiger partial charge in [0.25, 0.3) is 0 Å². The molecule has 0 bridgehead atoms. The van der Waals surface area contributed by atoms with Gasteiger partial charge in [0, 0.05) is 0 Å². The fourth-order valence-corrected chi connectivity index (χ4v) is 12.1. The molecule has 33 heavy (non-hydrogen) atoms. The molecule has 0 aliphatic heterocycles. The van der Waals surface area contributed by atoms with E-state index in [2.05, 4.69) is 51.9 Å². The Morgan fingerprint density at radius 2 is 1.12 bits per heavy atom. The molecule has 0 amide bonds. The van der Waals surface area contributed by atoms with Gasteiger partial charge in [-0.3, -0.25) is 0 Å². The summed E-state index contributed by atoms with van der Waals surface area (Å²) in [6.07, 6.45) is -4.15. The molecule has 0 aliphatic rings. The molecule has 0 spiro atoms.